The summed E-state index contributed by atoms with van der Waals surface area (Å²) in [6.45, 7) is 4.09. The van der Waals surface area contributed by atoms with Crippen LogP contribution < -0.4 is 10.6 Å². The molecule has 2 N–H and O–H groups in total. The smallest absolute Gasteiger partial charge is 0.125 e. The molecule has 0 fully saturated rings. The first-order chi connectivity index (χ1) is 6.72. The van der Waals surface area contributed by atoms with Crippen LogP contribution in [0.1, 0.15) is 6.92 Å². The second-order valence-electron chi connectivity index (χ2n) is 3.41. The zero-order valence-corrected chi connectivity index (χ0v) is 9.30. The highest BCUT2D eigenvalue weighted by Crippen LogP contribution is 2.09. The number of nitrogens with zero attached hydrogens (tertiary/aromatic N) is 1. The van der Waals surface area contributed by atoms with E-state index in [9.17, 15) is 0 Å². The van der Waals surface area contributed by atoms with Gasteiger partial charge < -0.3 is 10.6 Å². The molecule has 1 heterocycles. The van der Waals surface area contributed by atoms with Crippen molar-refractivity contribution in [2.45, 2.75) is 6.92 Å². The molecule has 0 radical (unpaired) electrons. The minimum absolute atomic E-state index is 0.581. The highest BCUT2D eigenvalue weighted by atomic mass is 35.5. The topological polar surface area (TPSA) is 37.0 Å². The quantitative estimate of drug-likeness (QED) is 0.786. The van der Waals surface area contributed by atoms with E-state index in [-0.39, 0.29) is 0 Å². The maximum absolute atomic E-state index is 5.72. The van der Waals surface area contributed by atoms with Gasteiger partial charge in [0, 0.05) is 12.7 Å². The van der Waals surface area contributed by atoms with Gasteiger partial charge in [-0.3, -0.25) is 0 Å². The van der Waals surface area contributed by atoms with Crippen LogP contribution in [0.15, 0.2) is 18.3 Å². The first kappa shape index (κ1) is 11.3. The molecule has 1 unspecified atom stereocenters. The summed E-state index contributed by atoms with van der Waals surface area (Å²) in [6, 6.07) is 3.72. The van der Waals surface area contributed by atoms with Crippen LogP contribution in [0.3, 0.4) is 0 Å². The fourth-order valence-corrected chi connectivity index (χ4v) is 1.29. The van der Waals surface area contributed by atoms with Crippen LogP contribution in [0, 0.1) is 5.92 Å². The molecule has 0 amide bonds. The summed E-state index contributed by atoms with van der Waals surface area (Å²) in [4.78, 5) is 4.15. The van der Waals surface area contributed by atoms with E-state index in [1.807, 2.05) is 19.2 Å². The molecule has 3 nitrogen and oxygen atoms in total. The average Bonchev–Trinajstić information content (AvgIpc) is 2.17. The number of pyridine rings is 1. The Kier molecular flexibility index (Phi) is 4.70. The van der Waals surface area contributed by atoms with E-state index < -0.39 is 0 Å². The highest BCUT2D eigenvalue weighted by molar-refractivity contribution is 6.30. The van der Waals surface area contributed by atoms with Crippen molar-refractivity contribution in [2.75, 3.05) is 25.5 Å². The number of aromatic nitrogens is 1. The third kappa shape index (κ3) is 3.94. The Hall–Kier alpha value is -0.800. The Balaban J connectivity index is 2.34. The molecule has 0 saturated heterocycles. The van der Waals surface area contributed by atoms with E-state index in [0.717, 1.165) is 18.9 Å². The predicted molar refractivity (Wildman–Crippen MR) is 60.8 cm³/mol. The fraction of sp³-hybridized carbons (Fsp3) is 0.500. The number of hydrogen-bond acceptors (Lipinski definition) is 3. The van der Waals surface area contributed by atoms with E-state index in [1.54, 1.807) is 6.20 Å². The minimum Gasteiger partial charge on any atom is -0.370 e. The largest absolute Gasteiger partial charge is 0.370 e. The van der Waals surface area contributed by atoms with Crippen molar-refractivity contribution in [2.24, 2.45) is 5.92 Å². The summed E-state index contributed by atoms with van der Waals surface area (Å²) in [5.41, 5.74) is 0. The third-order valence-electron chi connectivity index (χ3n) is 1.91. The van der Waals surface area contributed by atoms with Crippen molar-refractivity contribution in [3.63, 3.8) is 0 Å². The van der Waals surface area contributed by atoms with Crippen LogP contribution in [0.25, 0.3) is 0 Å². The first-order valence-corrected chi connectivity index (χ1v) is 5.10. The lowest BCUT2D eigenvalue weighted by molar-refractivity contribution is 0.569. The molecule has 78 valence electrons. The molecular formula is C10H16ClN3. The van der Waals surface area contributed by atoms with Gasteiger partial charge in [-0.05, 0) is 31.6 Å². The summed E-state index contributed by atoms with van der Waals surface area (Å²) in [5.74, 6) is 1.45. The highest BCUT2D eigenvalue weighted by Gasteiger charge is 2.00. The van der Waals surface area contributed by atoms with Crippen molar-refractivity contribution >= 4 is 17.4 Å². The van der Waals surface area contributed by atoms with Crippen LogP contribution in [0.4, 0.5) is 5.82 Å². The lowest BCUT2D eigenvalue weighted by atomic mass is 10.2. The number of hydrogen-bond donors (Lipinski definition) is 2. The average molecular weight is 214 g/mol. The number of rotatable bonds is 5. The zero-order chi connectivity index (χ0) is 10.4. The van der Waals surface area contributed by atoms with Crippen LogP contribution in [-0.4, -0.2) is 25.1 Å². The molecule has 0 saturated carbocycles. The van der Waals surface area contributed by atoms with E-state index >= 15 is 0 Å². The van der Waals surface area contributed by atoms with Crippen LogP contribution in [0.5, 0.6) is 0 Å². The summed E-state index contributed by atoms with van der Waals surface area (Å²) < 4.78 is 0. The van der Waals surface area contributed by atoms with Crippen molar-refractivity contribution in [1.29, 1.82) is 0 Å². The van der Waals surface area contributed by atoms with E-state index in [2.05, 4.69) is 22.5 Å². The van der Waals surface area contributed by atoms with Gasteiger partial charge >= 0.3 is 0 Å². The number of anilines is 1. The van der Waals surface area contributed by atoms with E-state index in [1.165, 1.54) is 0 Å². The molecule has 1 aromatic heterocycles. The maximum Gasteiger partial charge on any atom is 0.125 e. The summed E-state index contributed by atoms with van der Waals surface area (Å²) in [7, 11) is 1.96. The summed E-state index contributed by atoms with van der Waals surface area (Å²) >= 11 is 5.72. The minimum atomic E-state index is 0.581. The van der Waals surface area contributed by atoms with Gasteiger partial charge in [-0.2, -0.15) is 0 Å². The Morgan fingerprint density at radius 3 is 2.79 bits per heavy atom. The Bertz CT molecular complexity index is 261. The molecule has 1 atom stereocenters. The normalized spacial score (nSPS) is 12.5. The predicted octanol–water partition coefficient (Wildman–Crippen LogP) is 2.00. The molecule has 14 heavy (non-hydrogen) atoms. The molecule has 1 rings (SSSR count). The Labute approximate surface area is 89.9 Å². The van der Waals surface area contributed by atoms with Gasteiger partial charge in [0.1, 0.15) is 5.82 Å². The lowest BCUT2D eigenvalue weighted by Gasteiger charge is -2.12. The molecule has 4 heteroatoms. The summed E-state index contributed by atoms with van der Waals surface area (Å²) in [5, 5.41) is 7.04. The lowest BCUT2D eigenvalue weighted by Crippen LogP contribution is -2.23. The van der Waals surface area contributed by atoms with Gasteiger partial charge in [0.05, 0.1) is 5.02 Å². The van der Waals surface area contributed by atoms with Gasteiger partial charge in [0.25, 0.3) is 0 Å². The number of halogens is 1. The van der Waals surface area contributed by atoms with Crippen molar-refractivity contribution in [1.82, 2.24) is 10.3 Å². The Morgan fingerprint density at radius 1 is 1.43 bits per heavy atom. The van der Waals surface area contributed by atoms with Gasteiger partial charge in [-0.25, -0.2) is 4.98 Å². The van der Waals surface area contributed by atoms with Gasteiger partial charge in [-0.1, -0.05) is 18.5 Å². The Morgan fingerprint density at radius 2 is 2.21 bits per heavy atom. The van der Waals surface area contributed by atoms with Crippen LogP contribution in [-0.2, 0) is 0 Å². The molecule has 0 aliphatic rings. The molecule has 0 aliphatic heterocycles. The van der Waals surface area contributed by atoms with Crippen LogP contribution >= 0.6 is 11.6 Å². The molecule has 0 aromatic carbocycles. The molecule has 0 bridgehead atoms. The van der Waals surface area contributed by atoms with Gasteiger partial charge in [0.15, 0.2) is 0 Å². The molecule has 1 aromatic rings. The standard InChI is InChI=1S/C10H16ClN3/c1-8(5-12-2)6-13-10-4-3-9(11)7-14-10/h3-4,7-8,12H,5-6H2,1-2H3,(H,13,14). The van der Waals surface area contributed by atoms with Crippen LogP contribution in [0.2, 0.25) is 5.02 Å². The monoisotopic (exact) mass is 213 g/mol. The second-order valence-corrected chi connectivity index (χ2v) is 3.84. The zero-order valence-electron chi connectivity index (χ0n) is 8.55. The SMILES string of the molecule is CNCC(C)CNc1ccc(Cl)cn1. The molecule has 0 spiro atoms. The van der Waals surface area contributed by atoms with Crippen molar-refractivity contribution in [3.05, 3.63) is 23.4 Å². The first-order valence-electron chi connectivity index (χ1n) is 4.72. The number of nitrogens with one attached hydrogen (secondary N) is 2. The van der Waals surface area contributed by atoms with Crippen molar-refractivity contribution < 1.29 is 0 Å². The molecular weight excluding hydrogens is 198 g/mol. The van der Waals surface area contributed by atoms with Gasteiger partial charge in [-0.15, -0.1) is 0 Å². The molecule has 0 aliphatic carbocycles. The van der Waals surface area contributed by atoms with E-state index in [0.29, 0.717) is 10.9 Å². The van der Waals surface area contributed by atoms with Gasteiger partial charge in [0.2, 0.25) is 0 Å². The van der Waals surface area contributed by atoms with E-state index in [4.69, 9.17) is 11.6 Å². The second kappa shape index (κ2) is 5.83. The third-order valence-corrected chi connectivity index (χ3v) is 2.14. The maximum atomic E-state index is 5.72. The fourth-order valence-electron chi connectivity index (χ4n) is 1.18. The van der Waals surface area contributed by atoms with Crippen molar-refractivity contribution in [3.8, 4) is 0 Å². The summed E-state index contributed by atoms with van der Waals surface area (Å²) in [6.07, 6.45) is 1.65.